The van der Waals surface area contributed by atoms with E-state index in [1.165, 1.54) is 23.9 Å². The fourth-order valence-corrected chi connectivity index (χ4v) is 3.03. The predicted octanol–water partition coefficient (Wildman–Crippen LogP) is 0.926. The van der Waals surface area contributed by atoms with Crippen molar-refractivity contribution in [2.45, 2.75) is 11.4 Å². The van der Waals surface area contributed by atoms with Gasteiger partial charge >= 0.3 is 0 Å². The van der Waals surface area contributed by atoms with Gasteiger partial charge in [0.25, 0.3) is 0 Å². The largest absolute Gasteiger partial charge is 0.326 e. The zero-order valence-electron chi connectivity index (χ0n) is 9.44. The zero-order valence-corrected chi connectivity index (χ0v) is 11.1. The smallest absolute Gasteiger partial charge is 0.241 e. The van der Waals surface area contributed by atoms with Gasteiger partial charge < -0.3 is 5.73 Å². The lowest BCUT2D eigenvalue weighted by molar-refractivity contribution is 0.578. The average Bonchev–Trinajstić information content (AvgIpc) is 2.29. The van der Waals surface area contributed by atoms with Crippen molar-refractivity contribution in [2.75, 3.05) is 18.6 Å². The van der Waals surface area contributed by atoms with Crippen LogP contribution in [0.3, 0.4) is 0 Å². The number of nitrogens with one attached hydrogen (secondary N) is 1. The van der Waals surface area contributed by atoms with E-state index in [4.69, 9.17) is 5.73 Å². The van der Waals surface area contributed by atoms with Gasteiger partial charge in [-0.1, -0.05) is 6.07 Å². The Hall–Kier alpha value is -0.630. The highest BCUT2D eigenvalue weighted by Crippen LogP contribution is 2.16. The van der Waals surface area contributed by atoms with E-state index in [0.29, 0.717) is 17.9 Å². The molecule has 0 aliphatic rings. The van der Waals surface area contributed by atoms with E-state index in [2.05, 4.69) is 4.72 Å². The Balaban J connectivity index is 3.00. The second-order valence-electron chi connectivity index (χ2n) is 3.35. The van der Waals surface area contributed by atoms with Crippen molar-refractivity contribution < 1.29 is 12.8 Å². The minimum absolute atomic E-state index is 0.0546. The molecule has 3 N–H and O–H groups in total. The number of hydrogen-bond acceptors (Lipinski definition) is 4. The first kappa shape index (κ1) is 14.4. The van der Waals surface area contributed by atoms with Gasteiger partial charge in [0.2, 0.25) is 10.0 Å². The zero-order chi connectivity index (χ0) is 12.9. The van der Waals surface area contributed by atoms with Gasteiger partial charge in [0.15, 0.2) is 0 Å². The lowest BCUT2D eigenvalue weighted by Gasteiger charge is -2.10. The maximum absolute atomic E-state index is 13.1. The van der Waals surface area contributed by atoms with Gasteiger partial charge in [-0.15, -0.1) is 0 Å². The van der Waals surface area contributed by atoms with Gasteiger partial charge in [-0.3, -0.25) is 0 Å². The highest BCUT2D eigenvalue weighted by atomic mass is 32.2. The van der Waals surface area contributed by atoms with E-state index < -0.39 is 15.8 Å². The van der Waals surface area contributed by atoms with Gasteiger partial charge in [-0.25, -0.2) is 17.5 Å². The summed E-state index contributed by atoms with van der Waals surface area (Å²) in [5.41, 5.74) is 5.84. The lowest BCUT2D eigenvalue weighted by atomic mass is 10.2. The van der Waals surface area contributed by atoms with Crippen molar-refractivity contribution in [3.05, 3.63) is 29.6 Å². The fraction of sp³-hybridized carbons (Fsp3) is 0.400. The third-order valence-electron chi connectivity index (χ3n) is 2.14. The van der Waals surface area contributed by atoms with Crippen LogP contribution < -0.4 is 10.5 Å². The third-order valence-corrected chi connectivity index (χ3v) is 4.29. The van der Waals surface area contributed by atoms with Crippen LogP contribution in [0, 0.1) is 5.82 Å². The van der Waals surface area contributed by atoms with Crippen molar-refractivity contribution in [3.8, 4) is 0 Å². The molecule has 0 saturated carbocycles. The summed E-state index contributed by atoms with van der Waals surface area (Å²) in [6.07, 6.45) is 1.88. The number of nitrogens with two attached hydrogens (primary N) is 1. The first-order chi connectivity index (χ1) is 8.01. The maximum atomic E-state index is 13.1. The number of halogens is 1. The molecule has 1 rings (SSSR count). The molecule has 7 heteroatoms. The minimum atomic E-state index is -3.68. The molecular formula is C10H15FN2O2S2. The molecule has 0 aromatic heterocycles. The first-order valence-corrected chi connectivity index (χ1v) is 7.86. The molecule has 0 amide bonds. The Bertz CT molecular complexity index is 477. The Morgan fingerprint density at radius 1 is 1.47 bits per heavy atom. The quantitative estimate of drug-likeness (QED) is 0.759. The molecular weight excluding hydrogens is 263 g/mol. The average molecular weight is 278 g/mol. The summed E-state index contributed by atoms with van der Waals surface area (Å²) in [5, 5.41) is 0. The molecule has 0 radical (unpaired) electrons. The summed E-state index contributed by atoms with van der Waals surface area (Å²) in [4.78, 5) is -0.0823. The number of sulfonamides is 1. The van der Waals surface area contributed by atoms with Gasteiger partial charge in [0, 0.05) is 18.8 Å². The second kappa shape index (κ2) is 6.34. The van der Waals surface area contributed by atoms with Crippen LogP contribution in [0.2, 0.25) is 0 Å². The molecule has 96 valence electrons. The van der Waals surface area contributed by atoms with E-state index in [1.807, 2.05) is 6.26 Å². The van der Waals surface area contributed by atoms with E-state index in [1.54, 1.807) is 0 Å². The monoisotopic (exact) mass is 278 g/mol. The van der Waals surface area contributed by atoms with Crippen LogP contribution in [0.5, 0.6) is 0 Å². The van der Waals surface area contributed by atoms with Crippen LogP contribution in [0.1, 0.15) is 5.56 Å². The Labute approximate surface area is 105 Å². The number of benzene rings is 1. The summed E-state index contributed by atoms with van der Waals surface area (Å²) in [6.45, 7) is 0.364. The standard InChI is InChI=1S/C10H15FN2O2S2/c1-16-5-4-13-17(14,15)10-6-9(11)3-2-8(10)7-12/h2-3,6,13H,4-5,7,12H2,1H3. The molecule has 4 nitrogen and oxygen atoms in total. The highest BCUT2D eigenvalue weighted by Gasteiger charge is 2.18. The second-order valence-corrected chi connectivity index (χ2v) is 6.07. The summed E-state index contributed by atoms with van der Waals surface area (Å²) in [7, 11) is -3.68. The fourth-order valence-electron chi connectivity index (χ4n) is 1.30. The first-order valence-electron chi connectivity index (χ1n) is 4.98. The van der Waals surface area contributed by atoms with Crippen molar-refractivity contribution in [3.63, 3.8) is 0 Å². The Morgan fingerprint density at radius 3 is 2.76 bits per heavy atom. The van der Waals surface area contributed by atoms with Crippen molar-refractivity contribution >= 4 is 21.8 Å². The minimum Gasteiger partial charge on any atom is -0.326 e. The van der Waals surface area contributed by atoms with Crippen LogP contribution in [0.25, 0.3) is 0 Å². The molecule has 0 heterocycles. The number of rotatable bonds is 6. The summed E-state index contributed by atoms with van der Waals surface area (Å²) in [5.74, 6) is 0.0689. The van der Waals surface area contributed by atoms with Gasteiger partial charge in [0.1, 0.15) is 5.82 Å². The maximum Gasteiger partial charge on any atom is 0.241 e. The van der Waals surface area contributed by atoms with Crippen molar-refractivity contribution in [1.29, 1.82) is 0 Å². The van der Waals surface area contributed by atoms with E-state index in [9.17, 15) is 12.8 Å². The van der Waals surface area contributed by atoms with E-state index in [0.717, 1.165) is 6.07 Å². The topological polar surface area (TPSA) is 72.2 Å². The van der Waals surface area contributed by atoms with Crippen LogP contribution in [-0.4, -0.2) is 27.0 Å². The lowest BCUT2D eigenvalue weighted by Crippen LogP contribution is -2.27. The van der Waals surface area contributed by atoms with E-state index in [-0.39, 0.29) is 11.4 Å². The SMILES string of the molecule is CSCCNS(=O)(=O)c1cc(F)ccc1CN. The molecule has 0 spiro atoms. The van der Waals surface area contributed by atoms with Crippen LogP contribution in [0.15, 0.2) is 23.1 Å². The van der Waals surface area contributed by atoms with Gasteiger partial charge in [0.05, 0.1) is 4.90 Å². The summed E-state index contributed by atoms with van der Waals surface area (Å²) >= 11 is 1.52. The molecule has 0 unspecified atom stereocenters. The molecule has 0 aliphatic carbocycles. The molecule has 1 aromatic rings. The Kier molecular flexibility index (Phi) is 5.38. The molecule has 0 bridgehead atoms. The van der Waals surface area contributed by atoms with Gasteiger partial charge in [-0.05, 0) is 24.0 Å². The molecule has 0 aliphatic heterocycles. The van der Waals surface area contributed by atoms with E-state index >= 15 is 0 Å². The number of hydrogen-bond donors (Lipinski definition) is 2. The molecule has 0 fully saturated rings. The van der Waals surface area contributed by atoms with Crippen LogP contribution in [0.4, 0.5) is 4.39 Å². The normalized spacial score (nSPS) is 11.7. The van der Waals surface area contributed by atoms with Crippen molar-refractivity contribution in [2.24, 2.45) is 5.73 Å². The summed E-state index contributed by atoms with van der Waals surface area (Å²) < 4.78 is 39.3. The Morgan fingerprint density at radius 2 is 2.18 bits per heavy atom. The third kappa shape index (κ3) is 3.95. The predicted molar refractivity (Wildman–Crippen MR) is 67.9 cm³/mol. The molecule has 0 saturated heterocycles. The van der Waals surface area contributed by atoms with Gasteiger partial charge in [-0.2, -0.15) is 11.8 Å². The number of thioether (sulfide) groups is 1. The van der Waals surface area contributed by atoms with Crippen LogP contribution >= 0.6 is 11.8 Å². The van der Waals surface area contributed by atoms with Crippen LogP contribution in [-0.2, 0) is 16.6 Å². The van der Waals surface area contributed by atoms with Crippen molar-refractivity contribution in [1.82, 2.24) is 4.72 Å². The molecule has 0 atom stereocenters. The summed E-state index contributed by atoms with van der Waals surface area (Å²) in [6, 6.07) is 3.57. The molecule has 1 aromatic carbocycles. The molecule has 17 heavy (non-hydrogen) atoms. The highest BCUT2D eigenvalue weighted by molar-refractivity contribution is 7.98.